The lowest BCUT2D eigenvalue weighted by molar-refractivity contribution is 0.216. The Morgan fingerprint density at radius 2 is 2.25 bits per heavy atom. The highest BCUT2D eigenvalue weighted by Crippen LogP contribution is 2.37. The molecule has 2 aromatic rings. The van der Waals surface area contributed by atoms with Crippen molar-refractivity contribution in [2.75, 3.05) is 5.32 Å². The summed E-state index contributed by atoms with van der Waals surface area (Å²) in [5, 5.41) is 10.0. The van der Waals surface area contributed by atoms with E-state index in [0.717, 1.165) is 12.2 Å². The number of anilines is 1. The number of aromatic nitrogens is 4. The van der Waals surface area contributed by atoms with Crippen LogP contribution in [-0.2, 0) is 0 Å². The smallest absolute Gasteiger partial charge is 0.349 e. The number of hydrogen-bond acceptors (Lipinski definition) is 4. The Bertz CT molecular complexity index is 684. The monoisotopic (exact) mass is 275 g/mol. The molecule has 0 bridgehead atoms. The van der Waals surface area contributed by atoms with E-state index in [-0.39, 0.29) is 11.1 Å². The number of aryl methyl sites for hydroxylation is 1. The third-order valence-corrected chi connectivity index (χ3v) is 4.40. The lowest BCUT2D eigenvalue weighted by Crippen LogP contribution is -2.39. The van der Waals surface area contributed by atoms with Crippen molar-refractivity contribution in [3.63, 3.8) is 0 Å². The van der Waals surface area contributed by atoms with E-state index in [0.29, 0.717) is 17.5 Å². The van der Waals surface area contributed by atoms with E-state index in [1.165, 1.54) is 23.7 Å². The normalized spacial score (nSPS) is 22.1. The first-order chi connectivity index (χ1) is 9.47. The van der Waals surface area contributed by atoms with Crippen molar-refractivity contribution in [3.8, 4) is 0 Å². The average Bonchev–Trinajstić information content (AvgIpc) is 2.74. The number of rotatable bonds is 2. The molecule has 20 heavy (non-hydrogen) atoms. The maximum Gasteiger partial charge on any atom is 0.349 e. The van der Waals surface area contributed by atoms with E-state index >= 15 is 0 Å². The van der Waals surface area contributed by atoms with Crippen molar-refractivity contribution in [2.24, 2.45) is 5.41 Å². The van der Waals surface area contributed by atoms with Crippen molar-refractivity contribution in [1.29, 1.82) is 0 Å². The average molecular weight is 275 g/mol. The summed E-state index contributed by atoms with van der Waals surface area (Å²) in [5.41, 5.74) is 0.638. The Kier molecular flexibility index (Phi) is 3.03. The summed E-state index contributed by atoms with van der Waals surface area (Å²) in [5.74, 6) is 1.45. The van der Waals surface area contributed by atoms with Gasteiger partial charge in [0.05, 0.1) is 0 Å². The first-order valence-electron chi connectivity index (χ1n) is 7.19. The van der Waals surface area contributed by atoms with Crippen molar-refractivity contribution in [3.05, 3.63) is 22.4 Å². The summed E-state index contributed by atoms with van der Waals surface area (Å²) in [7, 11) is 0. The number of nitrogens with one attached hydrogen (secondary N) is 2. The van der Waals surface area contributed by atoms with Crippen LogP contribution in [0.2, 0.25) is 0 Å². The SMILES string of the molecule is Cc1nc(NC2CCCCC2(C)C)cc2n[nH]c(=O)n12. The standard InChI is InChI=1S/C14H21N5O/c1-9-15-11(8-12-17-18-13(20)19(9)12)16-10-6-4-5-7-14(10,2)3/h8,10,16H,4-7H2,1-3H3,(H,18,20). The molecule has 0 aliphatic heterocycles. The van der Waals surface area contributed by atoms with Gasteiger partial charge in [0.25, 0.3) is 0 Å². The minimum atomic E-state index is -0.241. The Morgan fingerprint density at radius 3 is 3.00 bits per heavy atom. The van der Waals surface area contributed by atoms with Gasteiger partial charge in [-0.3, -0.25) is 0 Å². The Morgan fingerprint density at radius 1 is 1.45 bits per heavy atom. The zero-order valence-corrected chi connectivity index (χ0v) is 12.2. The number of H-pyrrole nitrogens is 1. The van der Waals surface area contributed by atoms with Gasteiger partial charge < -0.3 is 5.32 Å². The molecule has 3 rings (SSSR count). The highest BCUT2D eigenvalue weighted by Gasteiger charge is 2.32. The zero-order valence-electron chi connectivity index (χ0n) is 12.2. The van der Waals surface area contributed by atoms with Crippen LogP contribution in [0.3, 0.4) is 0 Å². The first kappa shape index (κ1) is 13.1. The van der Waals surface area contributed by atoms with Gasteiger partial charge in [-0.1, -0.05) is 26.7 Å². The molecule has 2 aromatic heterocycles. The van der Waals surface area contributed by atoms with Crippen LogP contribution in [0, 0.1) is 12.3 Å². The molecular weight excluding hydrogens is 254 g/mol. The predicted octanol–water partition coefficient (Wildman–Crippen LogP) is 2.11. The number of hydrogen-bond donors (Lipinski definition) is 2. The lowest BCUT2D eigenvalue weighted by atomic mass is 9.73. The van der Waals surface area contributed by atoms with Crippen LogP contribution in [0.25, 0.3) is 5.65 Å². The molecule has 0 aromatic carbocycles. The molecule has 6 nitrogen and oxygen atoms in total. The van der Waals surface area contributed by atoms with Crippen LogP contribution in [0.4, 0.5) is 5.82 Å². The van der Waals surface area contributed by atoms with Crippen LogP contribution in [-0.4, -0.2) is 25.6 Å². The van der Waals surface area contributed by atoms with E-state index in [1.807, 2.05) is 13.0 Å². The fraction of sp³-hybridized carbons (Fsp3) is 0.643. The van der Waals surface area contributed by atoms with Crippen molar-refractivity contribution >= 4 is 11.5 Å². The molecule has 1 aliphatic rings. The summed E-state index contributed by atoms with van der Waals surface area (Å²) in [4.78, 5) is 16.1. The highest BCUT2D eigenvalue weighted by molar-refractivity contribution is 5.50. The second-order valence-electron chi connectivity index (χ2n) is 6.34. The largest absolute Gasteiger partial charge is 0.367 e. The van der Waals surface area contributed by atoms with Crippen LogP contribution in [0.1, 0.15) is 45.4 Å². The van der Waals surface area contributed by atoms with Gasteiger partial charge in [0.15, 0.2) is 5.65 Å². The van der Waals surface area contributed by atoms with Crippen molar-refractivity contribution < 1.29 is 0 Å². The van der Waals surface area contributed by atoms with Gasteiger partial charge in [-0.25, -0.2) is 19.3 Å². The molecule has 108 valence electrons. The molecule has 0 amide bonds. The van der Waals surface area contributed by atoms with Gasteiger partial charge in [-0.2, -0.15) is 5.10 Å². The molecule has 1 saturated carbocycles. The van der Waals surface area contributed by atoms with E-state index in [2.05, 4.69) is 34.3 Å². The number of nitrogens with zero attached hydrogens (tertiary/aromatic N) is 3. The lowest BCUT2D eigenvalue weighted by Gasteiger charge is -2.39. The topological polar surface area (TPSA) is 75.1 Å². The second kappa shape index (κ2) is 4.61. The Balaban J connectivity index is 1.93. The maximum absolute atomic E-state index is 11.6. The summed E-state index contributed by atoms with van der Waals surface area (Å²) < 4.78 is 1.48. The summed E-state index contributed by atoms with van der Waals surface area (Å²) >= 11 is 0. The van der Waals surface area contributed by atoms with E-state index in [1.54, 1.807) is 0 Å². The molecule has 1 unspecified atom stereocenters. The fourth-order valence-corrected chi connectivity index (χ4v) is 3.11. The van der Waals surface area contributed by atoms with Gasteiger partial charge in [0.1, 0.15) is 11.6 Å². The Labute approximate surface area is 117 Å². The molecule has 1 aliphatic carbocycles. The maximum atomic E-state index is 11.6. The van der Waals surface area contributed by atoms with Gasteiger partial charge in [-0.15, -0.1) is 0 Å². The van der Waals surface area contributed by atoms with Crippen LogP contribution >= 0.6 is 0 Å². The second-order valence-corrected chi connectivity index (χ2v) is 6.34. The molecule has 0 saturated heterocycles. The Hall–Kier alpha value is -1.85. The van der Waals surface area contributed by atoms with Crippen molar-refractivity contribution in [2.45, 2.75) is 52.5 Å². The van der Waals surface area contributed by atoms with Gasteiger partial charge >= 0.3 is 5.69 Å². The minimum Gasteiger partial charge on any atom is -0.367 e. The van der Waals surface area contributed by atoms with E-state index in [4.69, 9.17) is 0 Å². The molecule has 2 N–H and O–H groups in total. The van der Waals surface area contributed by atoms with E-state index < -0.39 is 0 Å². The van der Waals surface area contributed by atoms with Crippen LogP contribution in [0.15, 0.2) is 10.9 Å². The highest BCUT2D eigenvalue weighted by atomic mass is 16.1. The van der Waals surface area contributed by atoms with E-state index in [9.17, 15) is 4.79 Å². The quantitative estimate of drug-likeness (QED) is 0.880. The molecule has 0 radical (unpaired) electrons. The number of aromatic amines is 1. The molecule has 0 spiro atoms. The molecule has 1 fully saturated rings. The molecule has 6 heteroatoms. The number of fused-ring (bicyclic) bond motifs is 1. The molecular formula is C14H21N5O. The summed E-state index contributed by atoms with van der Waals surface area (Å²) in [6, 6.07) is 2.24. The van der Waals surface area contributed by atoms with Crippen LogP contribution in [0.5, 0.6) is 0 Å². The van der Waals surface area contributed by atoms with Crippen molar-refractivity contribution in [1.82, 2.24) is 19.6 Å². The van der Waals surface area contributed by atoms with Gasteiger partial charge in [-0.05, 0) is 25.2 Å². The van der Waals surface area contributed by atoms with Crippen LogP contribution < -0.4 is 11.0 Å². The third kappa shape index (κ3) is 2.19. The summed E-state index contributed by atoms with van der Waals surface area (Å²) in [6.45, 7) is 6.42. The minimum absolute atomic E-state index is 0.241. The fourth-order valence-electron chi connectivity index (χ4n) is 3.11. The third-order valence-electron chi connectivity index (χ3n) is 4.40. The molecule has 1 atom stereocenters. The van der Waals surface area contributed by atoms with Gasteiger partial charge in [0.2, 0.25) is 0 Å². The predicted molar refractivity (Wildman–Crippen MR) is 78.0 cm³/mol. The zero-order chi connectivity index (χ0) is 14.3. The first-order valence-corrected chi connectivity index (χ1v) is 7.19. The molecule has 2 heterocycles. The summed E-state index contributed by atoms with van der Waals surface area (Å²) in [6.07, 6.45) is 4.94. The van der Waals surface area contributed by atoms with Gasteiger partial charge in [0, 0.05) is 12.1 Å².